The maximum Gasteiger partial charge on any atom is 0.306 e. The van der Waals surface area contributed by atoms with Crippen molar-refractivity contribution in [2.75, 3.05) is 39.7 Å². The number of aliphatic hydroxyl groups is 3. The fraction of sp³-hybridized carbons (Fsp3) is 0.548. The number of hydrogen-bond donors (Lipinski definition) is 5. The summed E-state index contributed by atoms with van der Waals surface area (Å²) in [6.07, 6.45) is 2.97. The molecule has 0 aliphatic heterocycles. The molecule has 1 amide bonds. The van der Waals surface area contributed by atoms with Crippen molar-refractivity contribution in [1.82, 2.24) is 4.90 Å². The molecule has 0 unspecified atom stereocenters. The highest BCUT2D eigenvalue weighted by atomic mass is 16.5. The number of amides is 1. The molecular formula is C31H41N3O9. The molecule has 0 heterocycles. The SMILES string of the molecule is CCCCCOC(=O)CCc1cc(N(C)C)c2c(c1O)C(O)=C1C(=O)[C@]3(O)C(O)=C(C(N)=O)C(=O)[C@@H](N(C)C)[C@@H]3C[C@@H]1C2. The smallest absolute Gasteiger partial charge is 0.306 e. The number of fused-ring (bicyclic) bond motifs is 3. The number of unbranched alkanes of at least 4 members (excludes halogenated alkanes) is 2. The number of carbonyl (C=O) groups is 4. The summed E-state index contributed by atoms with van der Waals surface area (Å²) >= 11 is 0. The molecular weight excluding hydrogens is 558 g/mol. The molecule has 1 aromatic carbocycles. The van der Waals surface area contributed by atoms with E-state index in [1.165, 1.54) is 4.90 Å². The van der Waals surface area contributed by atoms with Crippen LogP contribution < -0.4 is 10.6 Å². The second-order valence-electron chi connectivity index (χ2n) is 12.0. The van der Waals surface area contributed by atoms with Crippen LogP contribution in [-0.4, -0.2) is 95.2 Å². The van der Waals surface area contributed by atoms with E-state index in [0.717, 1.165) is 19.3 Å². The number of phenolic OH excluding ortho intramolecular Hbond substituents is 1. The van der Waals surface area contributed by atoms with E-state index < -0.39 is 64.0 Å². The molecule has 12 heteroatoms. The molecule has 12 nitrogen and oxygen atoms in total. The van der Waals surface area contributed by atoms with Gasteiger partial charge in [0.05, 0.1) is 18.2 Å². The van der Waals surface area contributed by atoms with Gasteiger partial charge in [0.25, 0.3) is 5.91 Å². The number of primary amides is 1. The van der Waals surface area contributed by atoms with E-state index in [1.807, 2.05) is 6.92 Å². The van der Waals surface area contributed by atoms with Crippen LogP contribution in [0.4, 0.5) is 5.69 Å². The first-order chi connectivity index (χ1) is 20.2. The fourth-order valence-electron chi connectivity index (χ4n) is 6.78. The molecule has 0 saturated heterocycles. The van der Waals surface area contributed by atoms with Gasteiger partial charge in [0.1, 0.15) is 22.8 Å². The predicted molar refractivity (Wildman–Crippen MR) is 157 cm³/mol. The van der Waals surface area contributed by atoms with Crippen LogP contribution in [0.15, 0.2) is 23.0 Å². The lowest BCUT2D eigenvalue weighted by molar-refractivity contribution is -0.153. The molecule has 234 valence electrons. The number of anilines is 1. The number of phenols is 1. The second-order valence-corrected chi connectivity index (χ2v) is 12.0. The normalized spacial score (nSPS) is 25.0. The van der Waals surface area contributed by atoms with Gasteiger partial charge in [0.2, 0.25) is 5.78 Å². The number of carbonyl (C=O) groups excluding carboxylic acids is 4. The van der Waals surface area contributed by atoms with Crippen molar-refractivity contribution in [3.05, 3.63) is 39.7 Å². The fourth-order valence-corrected chi connectivity index (χ4v) is 6.78. The number of aryl methyl sites for hydroxylation is 1. The van der Waals surface area contributed by atoms with Gasteiger partial charge in [0.15, 0.2) is 11.4 Å². The molecule has 0 aromatic heterocycles. The number of Topliss-reactive ketones (excluding diaryl/α,β-unsaturated/α-hetero) is 2. The number of rotatable bonds is 10. The number of aliphatic hydroxyl groups excluding tert-OH is 2. The van der Waals surface area contributed by atoms with Gasteiger partial charge in [-0.1, -0.05) is 19.8 Å². The second kappa shape index (κ2) is 12.0. The number of aromatic hydroxyl groups is 1. The van der Waals surface area contributed by atoms with Gasteiger partial charge >= 0.3 is 5.97 Å². The lowest BCUT2D eigenvalue weighted by Crippen LogP contribution is -2.65. The Bertz CT molecular complexity index is 1430. The number of esters is 1. The molecule has 1 fully saturated rings. The molecule has 6 N–H and O–H groups in total. The van der Waals surface area contributed by atoms with Gasteiger partial charge in [-0.25, -0.2) is 0 Å². The van der Waals surface area contributed by atoms with Crippen LogP contribution in [0, 0.1) is 11.8 Å². The Hall–Kier alpha value is -3.90. The largest absolute Gasteiger partial charge is 0.508 e. The van der Waals surface area contributed by atoms with Gasteiger partial charge < -0.3 is 35.8 Å². The topological polar surface area (TPSA) is 191 Å². The van der Waals surface area contributed by atoms with Crippen LogP contribution in [0.25, 0.3) is 5.76 Å². The Labute approximate surface area is 250 Å². The van der Waals surface area contributed by atoms with Crippen molar-refractivity contribution in [2.45, 2.75) is 63.5 Å². The first-order valence-electron chi connectivity index (χ1n) is 14.5. The highest BCUT2D eigenvalue weighted by Gasteiger charge is 2.64. The van der Waals surface area contributed by atoms with Gasteiger partial charge in [0, 0.05) is 37.7 Å². The van der Waals surface area contributed by atoms with Crippen LogP contribution in [-0.2, 0) is 36.8 Å². The predicted octanol–water partition coefficient (Wildman–Crippen LogP) is 1.70. The lowest BCUT2D eigenvalue weighted by atomic mass is 9.57. The first-order valence-corrected chi connectivity index (χ1v) is 14.5. The highest BCUT2D eigenvalue weighted by Crippen LogP contribution is 2.54. The zero-order valence-electron chi connectivity index (χ0n) is 25.3. The van der Waals surface area contributed by atoms with E-state index >= 15 is 0 Å². The third-order valence-corrected chi connectivity index (χ3v) is 8.87. The minimum atomic E-state index is -2.70. The quantitative estimate of drug-likeness (QED) is 0.149. The number of hydrogen-bond acceptors (Lipinski definition) is 11. The number of benzene rings is 1. The average molecular weight is 600 g/mol. The van der Waals surface area contributed by atoms with E-state index in [-0.39, 0.29) is 42.6 Å². The number of nitrogens with two attached hydrogens (primary N) is 1. The van der Waals surface area contributed by atoms with E-state index in [9.17, 15) is 39.6 Å². The van der Waals surface area contributed by atoms with Crippen LogP contribution in [0.5, 0.6) is 5.75 Å². The molecule has 1 saturated carbocycles. The van der Waals surface area contributed by atoms with Gasteiger partial charge in [-0.3, -0.25) is 24.1 Å². The molecule has 3 aliphatic carbocycles. The van der Waals surface area contributed by atoms with Crippen molar-refractivity contribution in [2.24, 2.45) is 17.6 Å². The number of ether oxygens (including phenoxy) is 1. The zero-order chi connectivity index (χ0) is 32.0. The van der Waals surface area contributed by atoms with E-state index in [0.29, 0.717) is 23.4 Å². The summed E-state index contributed by atoms with van der Waals surface area (Å²) in [5, 5.41) is 45.7. The minimum Gasteiger partial charge on any atom is -0.508 e. The van der Waals surface area contributed by atoms with Crippen LogP contribution in [0.1, 0.15) is 55.7 Å². The van der Waals surface area contributed by atoms with Crippen molar-refractivity contribution < 1.29 is 44.3 Å². The monoisotopic (exact) mass is 599 g/mol. The van der Waals surface area contributed by atoms with Crippen LogP contribution in [0.3, 0.4) is 0 Å². The third kappa shape index (κ3) is 5.27. The molecule has 0 spiro atoms. The summed E-state index contributed by atoms with van der Waals surface area (Å²) in [6.45, 7) is 2.36. The summed E-state index contributed by atoms with van der Waals surface area (Å²) in [5.41, 5.74) is 3.15. The summed E-state index contributed by atoms with van der Waals surface area (Å²) < 4.78 is 5.28. The highest BCUT2D eigenvalue weighted by molar-refractivity contribution is 6.24. The molecule has 3 aliphatic rings. The summed E-state index contributed by atoms with van der Waals surface area (Å²) in [6, 6.07) is 0.585. The van der Waals surface area contributed by atoms with E-state index in [2.05, 4.69) is 0 Å². The Morgan fingerprint density at radius 1 is 1.12 bits per heavy atom. The van der Waals surface area contributed by atoms with Crippen molar-refractivity contribution in [1.29, 1.82) is 0 Å². The van der Waals surface area contributed by atoms with Crippen molar-refractivity contribution in [3.8, 4) is 5.75 Å². The summed E-state index contributed by atoms with van der Waals surface area (Å²) in [7, 11) is 6.68. The maximum absolute atomic E-state index is 14.1. The van der Waals surface area contributed by atoms with Crippen LogP contribution >= 0.6 is 0 Å². The zero-order valence-corrected chi connectivity index (χ0v) is 25.3. The standard InChI is InChI=1S/C31H41N3O9/c1-6-7-8-11-43-20(35)10-9-15-14-19(33(2)3)17-12-16-13-18-24(34(4)5)27(38)23(30(32)41)29(40)31(18,42)28(39)21(16)26(37)22(17)25(15)36/h14,16,18,24,36-37,40,42H,6-13H2,1-5H3,(H2,32,41)/t16-,18-,24-,31-/m0/s1. The van der Waals surface area contributed by atoms with E-state index in [4.69, 9.17) is 10.5 Å². The number of ketones is 2. The number of likely N-dealkylation sites (N-methyl/N-ethyl adjacent to an activating group) is 1. The van der Waals surface area contributed by atoms with Crippen molar-refractivity contribution >= 4 is 34.9 Å². The molecule has 0 radical (unpaired) electrons. The molecule has 43 heavy (non-hydrogen) atoms. The Kier molecular flexibility index (Phi) is 8.94. The average Bonchev–Trinajstić information content (AvgIpc) is 2.92. The van der Waals surface area contributed by atoms with Crippen molar-refractivity contribution in [3.63, 3.8) is 0 Å². The summed E-state index contributed by atoms with van der Waals surface area (Å²) in [4.78, 5) is 55.1. The third-order valence-electron chi connectivity index (χ3n) is 8.87. The Balaban J connectivity index is 1.81. The Morgan fingerprint density at radius 2 is 1.79 bits per heavy atom. The van der Waals surface area contributed by atoms with Gasteiger partial charge in [-0.05, 0) is 62.9 Å². The molecule has 0 bridgehead atoms. The first kappa shape index (κ1) is 32.0. The Morgan fingerprint density at radius 3 is 2.37 bits per heavy atom. The van der Waals surface area contributed by atoms with Gasteiger partial charge in [-0.15, -0.1) is 0 Å². The van der Waals surface area contributed by atoms with Gasteiger partial charge in [-0.2, -0.15) is 0 Å². The number of nitrogens with zero attached hydrogens (tertiary/aromatic N) is 2. The van der Waals surface area contributed by atoms with E-state index in [1.54, 1.807) is 39.2 Å². The lowest BCUT2D eigenvalue weighted by Gasteiger charge is -2.50. The van der Waals surface area contributed by atoms with Crippen LogP contribution in [0.2, 0.25) is 0 Å². The maximum atomic E-state index is 14.1. The minimum absolute atomic E-state index is 0.00498. The molecule has 4 rings (SSSR count). The molecule has 4 atom stereocenters. The summed E-state index contributed by atoms with van der Waals surface area (Å²) in [5.74, 6) is -7.42. The molecule has 1 aromatic rings.